The Bertz CT molecular complexity index is 2000. The van der Waals surface area contributed by atoms with Crippen LogP contribution in [0.4, 0.5) is 26.3 Å². The molecule has 0 aromatic heterocycles. The van der Waals surface area contributed by atoms with Crippen LogP contribution in [-0.2, 0) is 51.4 Å². The van der Waals surface area contributed by atoms with Crippen molar-refractivity contribution in [3.05, 3.63) is 162 Å². The second-order valence-corrected chi connectivity index (χ2v) is 12.9. The quantitative estimate of drug-likeness (QED) is 0.103. The topological polar surface area (TPSA) is 0 Å². The van der Waals surface area contributed by atoms with E-state index in [9.17, 15) is 26.3 Å². The summed E-state index contributed by atoms with van der Waals surface area (Å²) in [5, 5.41) is 5.88. The van der Waals surface area contributed by atoms with Crippen LogP contribution in [0.25, 0.3) is 43.8 Å². The van der Waals surface area contributed by atoms with Crippen LogP contribution in [0.2, 0.25) is 6.55 Å². The molecule has 0 spiro atoms. The van der Waals surface area contributed by atoms with Crippen LogP contribution in [0, 0.1) is 0 Å². The molecule has 0 aliphatic rings. The molecule has 0 saturated heterocycles. The molecule has 0 unspecified atom stereocenters. The van der Waals surface area contributed by atoms with E-state index in [0.29, 0.717) is 0 Å². The van der Waals surface area contributed by atoms with E-state index in [2.05, 4.69) is 68.9 Å². The number of hydrogen-bond donors (Lipinski definition) is 0. The molecule has 0 amide bonds. The average Bonchev–Trinajstić information content (AvgIpc) is 3.76. The van der Waals surface area contributed by atoms with Crippen LogP contribution in [0.3, 0.4) is 0 Å². The molecule has 272 valence electrons. The molecule has 7 aromatic carbocycles. The van der Waals surface area contributed by atoms with Gasteiger partial charge in [0.2, 0.25) is 0 Å². The van der Waals surface area contributed by atoms with Crippen LogP contribution in [0.15, 0.2) is 140 Å². The van der Waals surface area contributed by atoms with Gasteiger partial charge in [0, 0.05) is 0 Å². The van der Waals surface area contributed by atoms with Crippen LogP contribution in [0.1, 0.15) is 36.1 Å². The first-order valence-electron chi connectivity index (χ1n) is 16.4. The first-order valence-corrected chi connectivity index (χ1v) is 17.9. The molecule has 53 heavy (non-hydrogen) atoms. The van der Waals surface area contributed by atoms with Crippen molar-refractivity contribution in [3.63, 3.8) is 0 Å². The molecule has 0 heterocycles. The molecule has 10 heteroatoms. The number of aryl methyl sites for hydroxylation is 2. The Morgan fingerprint density at radius 2 is 0.887 bits per heavy atom. The second kappa shape index (κ2) is 20.3. The molecule has 7 rings (SSSR count). The largest absolute Gasteiger partial charge is 4.00 e. The summed E-state index contributed by atoms with van der Waals surface area (Å²) in [6.45, 7) is 6.37. The maximum Gasteiger partial charge on any atom is 4.00 e. The van der Waals surface area contributed by atoms with Gasteiger partial charge in [-0.05, 0) is 48.2 Å². The Labute approximate surface area is 341 Å². The van der Waals surface area contributed by atoms with Crippen LogP contribution < -0.4 is 30.0 Å². The van der Waals surface area contributed by atoms with E-state index in [4.69, 9.17) is 0 Å². The van der Waals surface area contributed by atoms with Crippen molar-refractivity contribution < 1.29 is 77.4 Å². The van der Waals surface area contributed by atoms with Gasteiger partial charge in [0.15, 0.2) is 0 Å². The van der Waals surface area contributed by atoms with E-state index >= 15 is 0 Å². The van der Waals surface area contributed by atoms with Gasteiger partial charge in [0.1, 0.15) is 0 Å². The predicted octanol–water partition coefficient (Wildman–Crippen LogP) is 6.68. The van der Waals surface area contributed by atoms with Crippen LogP contribution >= 0.6 is 0 Å². The Morgan fingerprint density at radius 3 is 1.19 bits per heavy atom. The number of alkyl halides is 6. The molecule has 0 aliphatic carbocycles. The molecule has 7 aromatic rings. The summed E-state index contributed by atoms with van der Waals surface area (Å²) in [6.07, 6.45) is -6.69. The fourth-order valence-corrected chi connectivity index (χ4v) is 6.31. The Kier molecular flexibility index (Phi) is 17.5. The maximum atomic E-state index is 12.6. The molecule has 0 aliphatic heterocycles. The zero-order valence-electron chi connectivity index (χ0n) is 29.2. The van der Waals surface area contributed by atoms with Gasteiger partial charge in [0.05, 0.1) is 20.6 Å². The van der Waals surface area contributed by atoms with Gasteiger partial charge in [0.25, 0.3) is 0 Å². The van der Waals surface area contributed by atoms with Crippen molar-refractivity contribution in [2.75, 3.05) is 0 Å². The zero-order chi connectivity index (χ0) is 35.9. The fourth-order valence-electron chi connectivity index (χ4n) is 5.79. The monoisotopic (exact) mass is 854 g/mol. The summed E-state index contributed by atoms with van der Waals surface area (Å²) in [5.74, 6) is 0. The molecule has 0 N–H and O–H groups in total. The van der Waals surface area contributed by atoms with Crippen molar-refractivity contribution in [2.24, 2.45) is 0 Å². The number of hydrogen-bond acceptors (Lipinski definition) is 0. The van der Waals surface area contributed by atoms with Crippen molar-refractivity contribution in [1.29, 1.82) is 0 Å². The zero-order valence-corrected chi connectivity index (χ0v) is 34.2. The minimum Gasteiger partial charge on any atom is -1.00 e. The average molecular weight is 857 g/mol. The van der Waals surface area contributed by atoms with E-state index in [1.165, 1.54) is 40.6 Å². The van der Waals surface area contributed by atoms with E-state index in [1.54, 1.807) is 0 Å². The van der Waals surface area contributed by atoms with Crippen molar-refractivity contribution in [3.8, 4) is 22.3 Å². The summed E-state index contributed by atoms with van der Waals surface area (Å²) in [7, 11) is 0.930. The molecule has 2 radical (unpaired) electrons. The third-order valence-corrected chi connectivity index (χ3v) is 9.46. The van der Waals surface area contributed by atoms with E-state index in [0.717, 1.165) is 90.4 Å². The summed E-state index contributed by atoms with van der Waals surface area (Å²) in [5.41, 5.74) is 4.81. The summed E-state index contributed by atoms with van der Waals surface area (Å²) in [6, 6.07) is 41.5. The third kappa shape index (κ3) is 11.8. The Morgan fingerprint density at radius 1 is 0.509 bits per heavy atom. The Hall–Kier alpha value is -3.42. The molecule has 0 nitrogen and oxygen atoms in total. The minimum atomic E-state index is -4.29. The summed E-state index contributed by atoms with van der Waals surface area (Å²) < 4.78 is 75.7. The molecule has 0 saturated carbocycles. The molecular formula is C43H36Cl2F6SiZr. The second-order valence-electron chi connectivity index (χ2n) is 11.8. The van der Waals surface area contributed by atoms with Crippen LogP contribution in [0.5, 0.6) is 0 Å². The first kappa shape index (κ1) is 45.7. The SMILES string of the molecule is CCc1cc2c(-c3ccc(C(F)(F)F)cc3)cccc2[cH-]1.CCc1cc2c(-c3ccc(C(F)(F)F)cc3)cccc2[cH-]1.C[Si]c1ccccc1.[Cl-].[Cl-].[Zr+4]. The molecular weight excluding hydrogens is 821 g/mol. The first-order chi connectivity index (χ1) is 23.9. The van der Waals surface area contributed by atoms with Gasteiger partial charge >= 0.3 is 38.6 Å². The van der Waals surface area contributed by atoms with Gasteiger partial charge in [-0.25, -0.2) is 0 Å². The van der Waals surface area contributed by atoms with E-state index in [1.807, 2.05) is 42.5 Å². The number of rotatable bonds is 5. The van der Waals surface area contributed by atoms with Crippen molar-refractivity contribution >= 4 is 36.3 Å². The van der Waals surface area contributed by atoms with E-state index in [-0.39, 0.29) is 51.0 Å². The fraction of sp³-hybridized carbons (Fsp3) is 0.163. The normalized spacial score (nSPS) is 10.9. The number of halogens is 8. The predicted molar refractivity (Wildman–Crippen MR) is 196 cm³/mol. The minimum absolute atomic E-state index is 0. The third-order valence-electron chi connectivity index (χ3n) is 8.55. The van der Waals surface area contributed by atoms with E-state index < -0.39 is 23.5 Å². The molecule has 0 bridgehead atoms. The van der Waals surface area contributed by atoms with Crippen molar-refractivity contribution in [1.82, 2.24) is 0 Å². The van der Waals surface area contributed by atoms with Gasteiger partial charge in [-0.1, -0.05) is 103 Å². The van der Waals surface area contributed by atoms with Gasteiger partial charge in [-0.15, -0.1) is 69.1 Å². The smallest absolute Gasteiger partial charge is 1.00 e. The number of fused-ring (bicyclic) bond motifs is 2. The molecule has 0 atom stereocenters. The van der Waals surface area contributed by atoms with Crippen molar-refractivity contribution in [2.45, 2.75) is 45.6 Å². The Balaban J connectivity index is 0.000000291. The van der Waals surface area contributed by atoms with Gasteiger partial charge in [-0.3, -0.25) is 0 Å². The van der Waals surface area contributed by atoms with Crippen LogP contribution in [-0.4, -0.2) is 9.52 Å². The van der Waals surface area contributed by atoms with Gasteiger partial charge in [-0.2, -0.15) is 38.5 Å². The number of benzene rings is 5. The molecule has 0 fully saturated rings. The standard InChI is InChI=1S/2C18H14F3.C7H8Si.2ClH.Zr/c2*1-2-12-10-14-4-3-5-16(17(14)11-12)13-6-8-15(9-7-13)18(19,20)21;1-8-7-5-3-2-4-6-7;;;/h2*3-11H,2H2,1H3;2-6H,1H3;2*1H;/q2*-1;;;;+4/p-2. The maximum absolute atomic E-state index is 12.6. The summed E-state index contributed by atoms with van der Waals surface area (Å²) in [4.78, 5) is 0. The van der Waals surface area contributed by atoms with Gasteiger partial charge < -0.3 is 24.8 Å². The summed E-state index contributed by atoms with van der Waals surface area (Å²) >= 11 is 0.